The van der Waals surface area contributed by atoms with Gasteiger partial charge in [-0.3, -0.25) is 5.32 Å². The number of para-hydroxylation sites is 1. The van der Waals surface area contributed by atoms with Gasteiger partial charge in [-0.25, -0.2) is 0 Å². The average Bonchev–Trinajstić information content (AvgIpc) is 3.00. The fourth-order valence-corrected chi connectivity index (χ4v) is 3.76. The van der Waals surface area contributed by atoms with E-state index in [4.69, 9.17) is 0 Å². The van der Waals surface area contributed by atoms with Gasteiger partial charge in [0, 0.05) is 22.6 Å². The monoisotopic (exact) mass is 342 g/mol. The highest BCUT2D eigenvalue weighted by Crippen LogP contribution is 2.35. The molecule has 126 valence electrons. The molecule has 3 aromatic rings. The molecule has 0 saturated heterocycles. The summed E-state index contributed by atoms with van der Waals surface area (Å²) in [5.74, 6) is 0. The smallest absolute Gasteiger partial charge is 0.0626 e. The van der Waals surface area contributed by atoms with Crippen molar-refractivity contribution in [1.82, 2.24) is 10.3 Å². The molecule has 1 aliphatic rings. The van der Waals surface area contributed by atoms with Gasteiger partial charge in [-0.15, -0.1) is 12.4 Å². The van der Waals surface area contributed by atoms with Crippen molar-refractivity contribution in [2.75, 3.05) is 6.61 Å². The Hall–Kier alpha value is -1.81. The van der Waals surface area contributed by atoms with E-state index >= 15 is 0 Å². The number of halogens is 1. The third-order valence-corrected chi connectivity index (χ3v) is 4.90. The number of rotatable bonds is 4. The average molecular weight is 343 g/mol. The molecule has 1 aliphatic carbocycles. The summed E-state index contributed by atoms with van der Waals surface area (Å²) in [6.45, 7) is 0.107. The van der Waals surface area contributed by atoms with Crippen LogP contribution in [0, 0.1) is 0 Å². The second kappa shape index (κ2) is 7.39. The van der Waals surface area contributed by atoms with Crippen LogP contribution in [0.25, 0.3) is 10.9 Å². The third kappa shape index (κ3) is 3.07. The molecule has 3 nitrogen and oxygen atoms in total. The molecule has 1 unspecified atom stereocenters. The SMILES string of the molecule is Cl.OC[C@H](NC1CCCc2c1[nH]c1ccccc21)c1ccccc1. The van der Waals surface area contributed by atoms with Crippen molar-refractivity contribution in [3.05, 3.63) is 71.4 Å². The first-order valence-electron chi connectivity index (χ1n) is 8.38. The molecule has 4 heteroatoms. The number of H-pyrrole nitrogens is 1. The van der Waals surface area contributed by atoms with Crippen molar-refractivity contribution < 1.29 is 5.11 Å². The van der Waals surface area contributed by atoms with Crippen molar-refractivity contribution in [3.63, 3.8) is 0 Å². The maximum atomic E-state index is 9.83. The lowest BCUT2D eigenvalue weighted by molar-refractivity contribution is 0.227. The highest BCUT2D eigenvalue weighted by Gasteiger charge is 2.26. The predicted molar refractivity (Wildman–Crippen MR) is 101 cm³/mol. The molecular formula is C20H23ClN2O. The number of aliphatic hydroxyl groups is 1. The molecule has 1 heterocycles. The topological polar surface area (TPSA) is 48.0 Å². The lowest BCUT2D eigenvalue weighted by atomic mass is 9.91. The van der Waals surface area contributed by atoms with Crippen molar-refractivity contribution in [2.45, 2.75) is 31.3 Å². The largest absolute Gasteiger partial charge is 0.394 e. The van der Waals surface area contributed by atoms with E-state index in [0.717, 1.165) is 18.4 Å². The zero-order chi connectivity index (χ0) is 15.6. The van der Waals surface area contributed by atoms with Gasteiger partial charge in [0.2, 0.25) is 0 Å². The molecule has 0 aliphatic heterocycles. The number of hydrogen-bond donors (Lipinski definition) is 3. The second-order valence-electron chi connectivity index (χ2n) is 6.32. The van der Waals surface area contributed by atoms with Gasteiger partial charge in [0.25, 0.3) is 0 Å². The summed E-state index contributed by atoms with van der Waals surface area (Å²) in [5.41, 5.74) is 5.09. The molecule has 2 atom stereocenters. The number of benzene rings is 2. The van der Waals surface area contributed by atoms with E-state index in [9.17, 15) is 5.11 Å². The van der Waals surface area contributed by atoms with E-state index in [-0.39, 0.29) is 31.1 Å². The van der Waals surface area contributed by atoms with Crippen LogP contribution in [0.3, 0.4) is 0 Å². The van der Waals surface area contributed by atoms with Crippen LogP contribution in [0.1, 0.15) is 41.7 Å². The van der Waals surface area contributed by atoms with Crippen molar-refractivity contribution in [1.29, 1.82) is 0 Å². The van der Waals surface area contributed by atoms with Gasteiger partial charge < -0.3 is 10.1 Å². The van der Waals surface area contributed by atoms with Gasteiger partial charge in [0.15, 0.2) is 0 Å². The van der Waals surface area contributed by atoms with E-state index in [0.29, 0.717) is 0 Å². The highest BCUT2D eigenvalue weighted by molar-refractivity contribution is 5.85. The minimum atomic E-state index is -0.0291. The third-order valence-electron chi connectivity index (χ3n) is 4.90. The zero-order valence-electron chi connectivity index (χ0n) is 13.5. The Morgan fingerprint density at radius 3 is 2.62 bits per heavy atom. The van der Waals surface area contributed by atoms with Gasteiger partial charge in [-0.1, -0.05) is 48.5 Å². The van der Waals surface area contributed by atoms with Crippen LogP contribution in [0.4, 0.5) is 0 Å². The van der Waals surface area contributed by atoms with Crippen molar-refractivity contribution in [3.8, 4) is 0 Å². The van der Waals surface area contributed by atoms with Crippen LogP contribution in [0.2, 0.25) is 0 Å². The minimum Gasteiger partial charge on any atom is -0.394 e. The van der Waals surface area contributed by atoms with Crippen LogP contribution in [0.5, 0.6) is 0 Å². The summed E-state index contributed by atoms with van der Waals surface area (Å²) in [6.07, 6.45) is 3.41. The maximum absolute atomic E-state index is 9.83. The van der Waals surface area contributed by atoms with Gasteiger partial charge in [-0.05, 0) is 36.5 Å². The molecule has 0 bridgehead atoms. The lowest BCUT2D eigenvalue weighted by Crippen LogP contribution is -2.31. The van der Waals surface area contributed by atoms with Crippen molar-refractivity contribution >= 4 is 23.3 Å². The Labute approximate surface area is 148 Å². The molecular weight excluding hydrogens is 320 g/mol. The van der Waals surface area contributed by atoms with E-state index < -0.39 is 0 Å². The number of aliphatic hydroxyl groups excluding tert-OH is 1. The first kappa shape index (κ1) is 17.0. The molecule has 3 N–H and O–H groups in total. The summed E-state index contributed by atoms with van der Waals surface area (Å²) >= 11 is 0. The summed E-state index contributed by atoms with van der Waals surface area (Å²) in [7, 11) is 0. The normalized spacial score (nSPS) is 18.0. The molecule has 24 heavy (non-hydrogen) atoms. The first-order valence-corrected chi connectivity index (χ1v) is 8.38. The van der Waals surface area contributed by atoms with E-state index in [2.05, 4.69) is 46.7 Å². The van der Waals surface area contributed by atoms with E-state index in [1.807, 2.05) is 18.2 Å². The van der Waals surface area contributed by atoms with Gasteiger partial charge in [-0.2, -0.15) is 0 Å². The molecule has 0 amide bonds. The van der Waals surface area contributed by atoms with E-state index in [1.165, 1.54) is 28.6 Å². The number of hydrogen-bond acceptors (Lipinski definition) is 2. The zero-order valence-corrected chi connectivity index (χ0v) is 14.4. The number of aryl methyl sites for hydroxylation is 1. The molecule has 0 spiro atoms. The lowest BCUT2D eigenvalue weighted by Gasteiger charge is -2.28. The summed E-state index contributed by atoms with van der Waals surface area (Å²) in [4.78, 5) is 3.60. The van der Waals surface area contributed by atoms with Crippen LogP contribution in [-0.2, 0) is 6.42 Å². The standard InChI is InChI=1S/C20H22N2O.ClH/c23-13-19(14-7-2-1-3-8-14)21-18-12-6-10-16-15-9-4-5-11-17(15)22-20(16)18;/h1-5,7-9,11,18-19,21-23H,6,10,12-13H2;1H/t18?,19-;/m0./s1. The fraction of sp³-hybridized carbons (Fsp3) is 0.300. The summed E-state index contributed by atoms with van der Waals surface area (Å²) < 4.78 is 0. The van der Waals surface area contributed by atoms with E-state index in [1.54, 1.807) is 0 Å². The minimum absolute atomic E-state index is 0. The number of aromatic amines is 1. The fourth-order valence-electron chi connectivity index (χ4n) is 3.76. The summed E-state index contributed by atoms with van der Waals surface area (Å²) in [6, 6.07) is 19.0. The first-order chi connectivity index (χ1) is 11.4. The summed E-state index contributed by atoms with van der Waals surface area (Å²) in [5, 5.41) is 14.8. The molecule has 1 aromatic heterocycles. The Morgan fingerprint density at radius 2 is 1.83 bits per heavy atom. The van der Waals surface area contributed by atoms with Crippen LogP contribution in [-0.4, -0.2) is 16.7 Å². The molecule has 0 saturated carbocycles. The number of fused-ring (bicyclic) bond motifs is 3. The number of nitrogens with one attached hydrogen (secondary N) is 2. The Kier molecular flexibility index (Phi) is 5.24. The second-order valence-corrected chi connectivity index (χ2v) is 6.32. The molecule has 0 fully saturated rings. The molecule has 2 aromatic carbocycles. The Balaban J connectivity index is 0.00000169. The van der Waals surface area contributed by atoms with Crippen LogP contribution in [0.15, 0.2) is 54.6 Å². The van der Waals surface area contributed by atoms with Crippen molar-refractivity contribution in [2.24, 2.45) is 0 Å². The van der Waals surface area contributed by atoms with Gasteiger partial charge in [0.05, 0.1) is 12.6 Å². The Morgan fingerprint density at radius 1 is 1.08 bits per heavy atom. The van der Waals surface area contributed by atoms with Gasteiger partial charge in [0.1, 0.15) is 0 Å². The molecule has 0 radical (unpaired) electrons. The van der Waals surface area contributed by atoms with Gasteiger partial charge >= 0.3 is 0 Å². The number of aromatic nitrogens is 1. The van der Waals surface area contributed by atoms with Crippen LogP contribution < -0.4 is 5.32 Å². The highest BCUT2D eigenvalue weighted by atomic mass is 35.5. The maximum Gasteiger partial charge on any atom is 0.0626 e. The quantitative estimate of drug-likeness (QED) is 0.662. The Bertz CT molecular complexity index is 800. The molecule has 4 rings (SSSR count). The van der Waals surface area contributed by atoms with Crippen LogP contribution >= 0.6 is 12.4 Å². The predicted octanol–water partition coefficient (Wildman–Crippen LogP) is 4.29.